The van der Waals surface area contributed by atoms with E-state index in [4.69, 9.17) is 0 Å². The summed E-state index contributed by atoms with van der Waals surface area (Å²) >= 11 is 0. The lowest BCUT2D eigenvalue weighted by atomic mass is 9.88. The van der Waals surface area contributed by atoms with E-state index in [1.165, 1.54) is 12.8 Å². The highest BCUT2D eigenvalue weighted by molar-refractivity contribution is 5.81. The van der Waals surface area contributed by atoms with Gasteiger partial charge in [-0.25, -0.2) is 0 Å². The predicted molar refractivity (Wildman–Crippen MR) is 94.4 cm³/mol. The lowest BCUT2D eigenvalue weighted by Crippen LogP contribution is -2.45. The second kappa shape index (κ2) is 10.0. The van der Waals surface area contributed by atoms with Gasteiger partial charge in [-0.3, -0.25) is 9.59 Å². The van der Waals surface area contributed by atoms with Crippen molar-refractivity contribution < 1.29 is 14.7 Å². The van der Waals surface area contributed by atoms with Crippen LogP contribution in [0.2, 0.25) is 0 Å². The summed E-state index contributed by atoms with van der Waals surface area (Å²) in [4.78, 5) is 24.6. The second-order valence-electron chi connectivity index (χ2n) is 7.70. The number of rotatable bonds is 6. The molecule has 2 fully saturated rings. The minimum Gasteiger partial charge on any atom is -0.396 e. The molecule has 5 nitrogen and oxygen atoms in total. The third-order valence-electron chi connectivity index (χ3n) is 5.60. The van der Waals surface area contributed by atoms with E-state index in [0.717, 1.165) is 51.4 Å². The van der Waals surface area contributed by atoms with Crippen molar-refractivity contribution in [2.75, 3.05) is 6.61 Å². The van der Waals surface area contributed by atoms with E-state index in [1.807, 2.05) is 6.92 Å². The molecule has 2 rings (SSSR count). The number of carbonyl (C=O) groups excluding carboxylic acids is 2. The van der Waals surface area contributed by atoms with Crippen molar-refractivity contribution in [3.63, 3.8) is 0 Å². The van der Waals surface area contributed by atoms with Crippen LogP contribution in [0.5, 0.6) is 0 Å². The van der Waals surface area contributed by atoms with Crippen molar-refractivity contribution in [2.24, 2.45) is 11.8 Å². The molecular weight excluding hydrogens is 304 g/mol. The zero-order valence-corrected chi connectivity index (χ0v) is 15.1. The van der Waals surface area contributed by atoms with Crippen LogP contribution in [-0.4, -0.2) is 35.6 Å². The van der Waals surface area contributed by atoms with Gasteiger partial charge in [0.25, 0.3) is 0 Å². The molecule has 0 aliphatic heterocycles. The monoisotopic (exact) mass is 338 g/mol. The second-order valence-corrected chi connectivity index (χ2v) is 7.70. The summed E-state index contributed by atoms with van der Waals surface area (Å²) in [6.07, 6.45) is 11.1. The molecule has 24 heavy (non-hydrogen) atoms. The Morgan fingerprint density at radius 1 is 1.00 bits per heavy atom. The molecule has 138 valence electrons. The maximum Gasteiger partial charge on any atom is 0.223 e. The summed E-state index contributed by atoms with van der Waals surface area (Å²) in [5.74, 6) is 0.392. The molecule has 3 N–H and O–H groups in total. The van der Waals surface area contributed by atoms with Crippen molar-refractivity contribution in [1.82, 2.24) is 10.6 Å². The van der Waals surface area contributed by atoms with E-state index >= 15 is 0 Å². The van der Waals surface area contributed by atoms with Crippen LogP contribution in [0.25, 0.3) is 0 Å². The van der Waals surface area contributed by atoms with Gasteiger partial charge in [0, 0.05) is 36.9 Å². The number of hydrogen-bond acceptors (Lipinski definition) is 3. The van der Waals surface area contributed by atoms with Gasteiger partial charge in [0.15, 0.2) is 0 Å². The quantitative estimate of drug-likeness (QED) is 0.651. The third kappa shape index (κ3) is 6.08. The topological polar surface area (TPSA) is 78.4 Å². The fraction of sp³-hybridized carbons (Fsp3) is 0.895. The predicted octanol–water partition coefficient (Wildman–Crippen LogP) is 2.52. The molecule has 0 aromatic carbocycles. The SMILES string of the molecule is CC(CC(=O)NC1CCCCCC1CO)NC(=O)C1CCCCC1. The largest absolute Gasteiger partial charge is 0.396 e. The summed E-state index contributed by atoms with van der Waals surface area (Å²) in [6, 6.07) is -0.0657. The molecule has 2 aliphatic rings. The Hall–Kier alpha value is -1.10. The van der Waals surface area contributed by atoms with Crippen LogP contribution in [0.3, 0.4) is 0 Å². The first-order valence-electron chi connectivity index (χ1n) is 9.80. The van der Waals surface area contributed by atoms with E-state index < -0.39 is 0 Å². The Labute approximate surface area is 146 Å². The minimum absolute atomic E-state index is 0.0169. The van der Waals surface area contributed by atoms with Gasteiger partial charge in [-0.2, -0.15) is 0 Å². The van der Waals surface area contributed by atoms with Crippen molar-refractivity contribution in [3.05, 3.63) is 0 Å². The van der Waals surface area contributed by atoms with Crippen LogP contribution < -0.4 is 10.6 Å². The Kier molecular flexibility index (Phi) is 8.03. The van der Waals surface area contributed by atoms with Gasteiger partial charge in [-0.1, -0.05) is 38.5 Å². The van der Waals surface area contributed by atoms with Gasteiger partial charge in [-0.05, 0) is 32.6 Å². The Bertz CT molecular complexity index is 407. The number of aliphatic hydroxyl groups is 1. The Morgan fingerprint density at radius 3 is 2.29 bits per heavy atom. The van der Waals surface area contributed by atoms with Crippen LogP contribution >= 0.6 is 0 Å². The number of aliphatic hydroxyl groups excluding tert-OH is 1. The maximum absolute atomic E-state index is 12.3. The third-order valence-corrected chi connectivity index (χ3v) is 5.60. The van der Waals surface area contributed by atoms with Gasteiger partial charge < -0.3 is 15.7 Å². The van der Waals surface area contributed by atoms with E-state index in [2.05, 4.69) is 10.6 Å². The zero-order valence-electron chi connectivity index (χ0n) is 15.1. The standard InChI is InChI=1S/C19H34N2O3/c1-14(20-19(24)15-8-4-2-5-9-15)12-18(23)21-17-11-7-3-6-10-16(17)13-22/h14-17,22H,2-13H2,1H3,(H,20,24)(H,21,23). The molecule has 2 saturated carbocycles. The molecule has 0 heterocycles. The van der Waals surface area contributed by atoms with E-state index in [1.54, 1.807) is 0 Å². The van der Waals surface area contributed by atoms with Gasteiger partial charge in [0.2, 0.25) is 11.8 Å². The first-order valence-corrected chi connectivity index (χ1v) is 9.80. The number of carbonyl (C=O) groups is 2. The molecule has 2 amide bonds. The number of amides is 2. The number of nitrogens with one attached hydrogen (secondary N) is 2. The van der Waals surface area contributed by atoms with Crippen LogP contribution in [0, 0.1) is 11.8 Å². The molecule has 0 saturated heterocycles. The maximum atomic E-state index is 12.3. The molecule has 5 heteroatoms. The molecule has 2 aliphatic carbocycles. The van der Waals surface area contributed by atoms with Crippen LogP contribution in [-0.2, 0) is 9.59 Å². The molecule has 0 aromatic rings. The molecule has 0 aromatic heterocycles. The highest BCUT2D eigenvalue weighted by Crippen LogP contribution is 2.24. The van der Waals surface area contributed by atoms with Gasteiger partial charge in [-0.15, -0.1) is 0 Å². The van der Waals surface area contributed by atoms with Gasteiger partial charge in [0.1, 0.15) is 0 Å². The molecule has 0 radical (unpaired) electrons. The van der Waals surface area contributed by atoms with E-state index in [0.29, 0.717) is 6.42 Å². The zero-order chi connectivity index (χ0) is 17.4. The van der Waals surface area contributed by atoms with E-state index in [-0.39, 0.29) is 42.3 Å². The van der Waals surface area contributed by atoms with Crippen molar-refractivity contribution in [2.45, 2.75) is 89.6 Å². The van der Waals surface area contributed by atoms with Crippen molar-refractivity contribution in [3.8, 4) is 0 Å². The summed E-state index contributed by atoms with van der Waals surface area (Å²) in [5.41, 5.74) is 0. The highest BCUT2D eigenvalue weighted by atomic mass is 16.3. The molecule has 3 atom stereocenters. The summed E-state index contributed by atoms with van der Waals surface area (Å²) in [6.45, 7) is 2.04. The smallest absolute Gasteiger partial charge is 0.223 e. The Morgan fingerprint density at radius 2 is 1.62 bits per heavy atom. The molecule has 3 unspecified atom stereocenters. The highest BCUT2D eigenvalue weighted by Gasteiger charge is 2.26. The fourth-order valence-corrected chi connectivity index (χ4v) is 4.11. The summed E-state index contributed by atoms with van der Waals surface area (Å²) in [7, 11) is 0. The average Bonchev–Trinajstić information content (AvgIpc) is 2.80. The summed E-state index contributed by atoms with van der Waals surface area (Å²) in [5, 5.41) is 15.6. The van der Waals surface area contributed by atoms with Crippen molar-refractivity contribution in [1.29, 1.82) is 0 Å². The number of hydrogen-bond donors (Lipinski definition) is 3. The molecule has 0 spiro atoms. The first-order chi connectivity index (χ1) is 11.6. The van der Waals surface area contributed by atoms with Crippen LogP contribution in [0.15, 0.2) is 0 Å². The lowest BCUT2D eigenvalue weighted by molar-refractivity contribution is -0.127. The van der Waals surface area contributed by atoms with Crippen LogP contribution in [0.4, 0.5) is 0 Å². The average molecular weight is 338 g/mol. The fourth-order valence-electron chi connectivity index (χ4n) is 4.11. The van der Waals surface area contributed by atoms with Gasteiger partial charge >= 0.3 is 0 Å². The molecule has 0 bridgehead atoms. The molecular formula is C19H34N2O3. The normalized spacial score (nSPS) is 27.1. The Balaban J connectivity index is 1.74. The first kappa shape index (κ1) is 19.2. The lowest BCUT2D eigenvalue weighted by Gasteiger charge is -2.26. The van der Waals surface area contributed by atoms with Gasteiger partial charge in [0.05, 0.1) is 0 Å². The van der Waals surface area contributed by atoms with Crippen LogP contribution in [0.1, 0.15) is 77.6 Å². The minimum atomic E-state index is -0.141. The summed E-state index contributed by atoms with van der Waals surface area (Å²) < 4.78 is 0. The van der Waals surface area contributed by atoms with E-state index in [9.17, 15) is 14.7 Å². The van der Waals surface area contributed by atoms with Crippen molar-refractivity contribution >= 4 is 11.8 Å².